The fourth-order valence-corrected chi connectivity index (χ4v) is 2.04. The van der Waals surface area contributed by atoms with E-state index >= 15 is 0 Å². The molecule has 17 heavy (non-hydrogen) atoms. The molecule has 96 valence electrons. The lowest BCUT2D eigenvalue weighted by atomic mass is 10.1. The first-order valence-electron chi connectivity index (χ1n) is 5.74. The average molecular weight is 256 g/mol. The Hall–Kier alpha value is -1.07. The molecule has 0 aliphatic heterocycles. The summed E-state index contributed by atoms with van der Waals surface area (Å²) in [7, 11) is -3.44. The molecule has 0 fully saturated rings. The quantitative estimate of drug-likeness (QED) is 0.817. The summed E-state index contributed by atoms with van der Waals surface area (Å²) in [6.07, 6.45) is 1.14. The summed E-state index contributed by atoms with van der Waals surface area (Å²) < 4.78 is 21.8. The van der Waals surface area contributed by atoms with Crippen LogP contribution in [-0.4, -0.2) is 15.0 Å². The van der Waals surface area contributed by atoms with Gasteiger partial charge in [-0.3, -0.25) is 0 Å². The van der Waals surface area contributed by atoms with E-state index in [1.165, 1.54) is 0 Å². The molecule has 1 unspecified atom stereocenters. The number of rotatable bonds is 6. The molecule has 0 aliphatic rings. The summed E-state index contributed by atoms with van der Waals surface area (Å²) in [5.41, 5.74) is 1.71. The van der Waals surface area contributed by atoms with Gasteiger partial charge in [-0.2, -0.15) is 0 Å². The van der Waals surface area contributed by atoms with Gasteiger partial charge in [0, 0.05) is 12.2 Å². The molecule has 0 aliphatic carbocycles. The van der Waals surface area contributed by atoms with Crippen molar-refractivity contribution < 1.29 is 8.42 Å². The van der Waals surface area contributed by atoms with Crippen molar-refractivity contribution in [2.45, 2.75) is 26.0 Å². The van der Waals surface area contributed by atoms with Crippen LogP contribution in [0.25, 0.3) is 0 Å². The van der Waals surface area contributed by atoms with Gasteiger partial charge >= 0.3 is 0 Å². The Morgan fingerprint density at radius 3 is 2.35 bits per heavy atom. The molecular formula is C12H20N2O2S. The first kappa shape index (κ1) is 14.0. The van der Waals surface area contributed by atoms with Crippen molar-refractivity contribution >= 4 is 15.7 Å². The van der Waals surface area contributed by atoms with E-state index in [2.05, 4.69) is 19.2 Å². The lowest BCUT2D eigenvalue weighted by Crippen LogP contribution is -2.14. The number of anilines is 1. The van der Waals surface area contributed by atoms with E-state index in [0.29, 0.717) is 11.5 Å². The average Bonchev–Trinajstić information content (AvgIpc) is 2.25. The molecule has 1 aromatic rings. The summed E-state index contributed by atoms with van der Waals surface area (Å²) in [6, 6.07) is 7.32. The Bertz CT molecular complexity index is 440. The van der Waals surface area contributed by atoms with Gasteiger partial charge in [0.15, 0.2) is 0 Å². The second-order valence-electron chi connectivity index (χ2n) is 4.40. The van der Waals surface area contributed by atoms with Crippen LogP contribution < -0.4 is 10.5 Å². The number of nitrogens with one attached hydrogen (secondary N) is 1. The predicted molar refractivity (Wildman–Crippen MR) is 71.2 cm³/mol. The number of nitrogens with two attached hydrogens (primary N) is 1. The molecule has 0 amide bonds. The SMILES string of the molecule is CCC(C)CNc1ccc(CS(N)(=O)=O)cc1. The summed E-state index contributed by atoms with van der Waals surface area (Å²) in [5.74, 6) is 0.512. The van der Waals surface area contributed by atoms with Crippen molar-refractivity contribution in [1.29, 1.82) is 0 Å². The van der Waals surface area contributed by atoms with Gasteiger partial charge in [0.1, 0.15) is 0 Å². The molecule has 0 saturated heterocycles. The first-order chi connectivity index (χ1) is 7.90. The van der Waals surface area contributed by atoms with Crippen molar-refractivity contribution in [2.75, 3.05) is 11.9 Å². The molecule has 0 aromatic heterocycles. The molecule has 1 rings (SSSR count). The minimum Gasteiger partial charge on any atom is -0.385 e. The van der Waals surface area contributed by atoms with E-state index in [-0.39, 0.29) is 5.75 Å². The zero-order valence-corrected chi connectivity index (χ0v) is 11.1. The maximum absolute atomic E-state index is 10.9. The molecule has 0 radical (unpaired) electrons. The Labute approximate surface area is 103 Å². The Kier molecular flexibility index (Phi) is 4.96. The number of benzene rings is 1. The van der Waals surface area contributed by atoms with E-state index in [1.807, 2.05) is 12.1 Å². The Morgan fingerprint density at radius 2 is 1.88 bits per heavy atom. The maximum Gasteiger partial charge on any atom is 0.213 e. The third-order valence-electron chi connectivity index (χ3n) is 2.67. The van der Waals surface area contributed by atoms with E-state index < -0.39 is 10.0 Å². The smallest absolute Gasteiger partial charge is 0.213 e. The molecule has 1 aromatic carbocycles. The molecule has 0 spiro atoms. The van der Waals surface area contributed by atoms with Gasteiger partial charge in [-0.05, 0) is 23.6 Å². The van der Waals surface area contributed by atoms with Crippen LogP contribution in [-0.2, 0) is 15.8 Å². The predicted octanol–water partition coefficient (Wildman–Crippen LogP) is 1.93. The first-order valence-corrected chi connectivity index (χ1v) is 7.45. The van der Waals surface area contributed by atoms with Gasteiger partial charge in [-0.1, -0.05) is 32.4 Å². The minimum absolute atomic E-state index is 0.112. The molecular weight excluding hydrogens is 236 g/mol. The highest BCUT2D eigenvalue weighted by molar-refractivity contribution is 7.88. The van der Waals surface area contributed by atoms with E-state index in [4.69, 9.17) is 5.14 Å². The largest absolute Gasteiger partial charge is 0.385 e. The van der Waals surface area contributed by atoms with Crippen LogP contribution in [0.15, 0.2) is 24.3 Å². The van der Waals surface area contributed by atoms with E-state index in [0.717, 1.165) is 18.7 Å². The van der Waals surface area contributed by atoms with Crippen molar-refractivity contribution in [3.63, 3.8) is 0 Å². The van der Waals surface area contributed by atoms with Crippen LogP contribution in [0.3, 0.4) is 0 Å². The topological polar surface area (TPSA) is 72.2 Å². The minimum atomic E-state index is -3.44. The lowest BCUT2D eigenvalue weighted by molar-refractivity contribution is 0.593. The van der Waals surface area contributed by atoms with Crippen LogP contribution >= 0.6 is 0 Å². The standard InChI is InChI=1S/C12H20N2O2S/c1-3-10(2)8-14-12-6-4-11(5-7-12)9-17(13,15)16/h4-7,10,14H,3,8-9H2,1-2H3,(H2,13,15,16). The molecule has 4 nitrogen and oxygen atoms in total. The zero-order chi connectivity index (χ0) is 12.9. The lowest BCUT2D eigenvalue weighted by Gasteiger charge is -2.11. The molecule has 5 heteroatoms. The van der Waals surface area contributed by atoms with Crippen LogP contribution in [0.4, 0.5) is 5.69 Å². The second-order valence-corrected chi connectivity index (χ2v) is 6.01. The van der Waals surface area contributed by atoms with Crippen LogP contribution in [0.2, 0.25) is 0 Å². The highest BCUT2D eigenvalue weighted by Crippen LogP contribution is 2.12. The van der Waals surface area contributed by atoms with Gasteiger partial charge < -0.3 is 5.32 Å². The normalized spacial score (nSPS) is 13.4. The van der Waals surface area contributed by atoms with Gasteiger partial charge in [-0.25, -0.2) is 13.6 Å². The second kappa shape index (κ2) is 6.02. The Balaban J connectivity index is 2.56. The van der Waals surface area contributed by atoms with Crippen molar-refractivity contribution in [1.82, 2.24) is 0 Å². The maximum atomic E-state index is 10.9. The van der Waals surface area contributed by atoms with E-state index in [1.54, 1.807) is 12.1 Å². The van der Waals surface area contributed by atoms with Gasteiger partial charge in [-0.15, -0.1) is 0 Å². The van der Waals surface area contributed by atoms with Crippen LogP contribution in [0.1, 0.15) is 25.8 Å². The van der Waals surface area contributed by atoms with Crippen LogP contribution in [0.5, 0.6) is 0 Å². The molecule has 1 atom stereocenters. The summed E-state index contributed by atoms with van der Waals surface area (Å²) in [6.45, 7) is 5.26. The number of hydrogen-bond donors (Lipinski definition) is 2. The van der Waals surface area contributed by atoms with Gasteiger partial charge in [0.25, 0.3) is 0 Å². The molecule has 0 saturated carbocycles. The van der Waals surface area contributed by atoms with Crippen molar-refractivity contribution in [2.24, 2.45) is 11.1 Å². The Morgan fingerprint density at radius 1 is 1.29 bits per heavy atom. The number of sulfonamides is 1. The van der Waals surface area contributed by atoms with Gasteiger partial charge in [0.2, 0.25) is 10.0 Å². The van der Waals surface area contributed by atoms with Crippen molar-refractivity contribution in [3.05, 3.63) is 29.8 Å². The van der Waals surface area contributed by atoms with E-state index in [9.17, 15) is 8.42 Å². The van der Waals surface area contributed by atoms with Crippen LogP contribution in [0, 0.1) is 5.92 Å². The summed E-state index contributed by atoms with van der Waals surface area (Å²) in [4.78, 5) is 0. The highest BCUT2D eigenvalue weighted by atomic mass is 32.2. The molecule has 0 heterocycles. The number of hydrogen-bond acceptors (Lipinski definition) is 3. The molecule has 3 N–H and O–H groups in total. The fraction of sp³-hybridized carbons (Fsp3) is 0.500. The zero-order valence-electron chi connectivity index (χ0n) is 10.3. The molecule has 0 bridgehead atoms. The van der Waals surface area contributed by atoms with Crippen molar-refractivity contribution in [3.8, 4) is 0 Å². The summed E-state index contributed by atoms with van der Waals surface area (Å²) >= 11 is 0. The third kappa shape index (κ3) is 5.70. The van der Waals surface area contributed by atoms with Gasteiger partial charge in [0.05, 0.1) is 5.75 Å². The fourth-order valence-electron chi connectivity index (χ4n) is 1.39. The third-order valence-corrected chi connectivity index (χ3v) is 3.41. The highest BCUT2D eigenvalue weighted by Gasteiger charge is 2.04. The monoisotopic (exact) mass is 256 g/mol. The number of primary sulfonamides is 1. The summed E-state index contributed by atoms with van der Waals surface area (Å²) in [5, 5.41) is 8.28.